The number of aromatic nitrogens is 1. The number of nitrogens with two attached hydrogens (primary N) is 1. The molecule has 4 heteroatoms. The zero-order valence-electron chi connectivity index (χ0n) is 10.6. The van der Waals surface area contributed by atoms with E-state index in [0.717, 1.165) is 18.7 Å². The largest absolute Gasteiger partial charge is 0.476 e. The van der Waals surface area contributed by atoms with Gasteiger partial charge in [-0.05, 0) is 31.9 Å². The van der Waals surface area contributed by atoms with Gasteiger partial charge in [0.1, 0.15) is 5.82 Å². The number of nitrogen functional groups attached to an aromatic ring is 1. The van der Waals surface area contributed by atoms with Crippen LogP contribution in [0.3, 0.4) is 0 Å². The number of nitrogens with one attached hydrogen (secondary N) is 1. The van der Waals surface area contributed by atoms with Gasteiger partial charge in [0.25, 0.3) is 0 Å². The van der Waals surface area contributed by atoms with Crippen molar-refractivity contribution in [3.05, 3.63) is 24.8 Å². The molecule has 1 aromatic rings. The predicted molar refractivity (Wildman–Crippen MR) is 72.3 cm³/mol. The Labute approximate surface area is 103 Å². The molecule has 3 N–H and O–H groups in total. The molecule has 0 aliphatic rings. The van der Waals surface area contributed by atoms with Crippen molar-refractivity contribution in [2.45, 2.75) is 32.7 Å². The van der Waals surface area contributed by atoms with Crippen LogP contribution >= 0.6 is 0 Å². The van der Waals surface area contributed by atoms with Crippen molar-refractivity contribution in [2.24, 2.45) is 0 Å². The Morgan fingerprint density at radius 2 is 2.35 bits per heavy atom. The standard InChI is InChI=1S/C13H21N3O/c1-4-6-10(3)15-12-8-7-11(14)13(16-12)17-9-5-2/h4,7-8,10H,1,5-6,9,14H2,2-3H3,(H,15,16). The molecule has 94 valence electrons. The maximum Gasteiger partial charge on any atom is 0.239 e. The fourth-order valence-electron chi connectivity index (χ4n) is 1.41. The van der Waals surface area contributed by atoms with Gasteiger partial charge in [-0.25, -0.2) is 0 Å². The van der Waals surface area contributed by atoms with E-state index in [1.807, 2.05) is 19.1 Å². The lowest BCUT2D eigenvalue weighted by Crippen LogP contribution is -2.15. The monoisotopic (exact) mass is 235 g/mol. The van der Waals surface area contributed by atoms with Crippen LogP contribution in [0.15, 0.2) is 24.8 Å². The first kappa shape index (κ1) is 13.4. The normalized spacial score (nSPS) is 11.9. The van der Waals surface area contributed by atoms with Gasteiger partial charge in [-0.1, -0.05) is 13.0 Å². The van der Waals surface area contributed by atoms with E-state index in [0.29, 0.717) is 24.2 Å². The fourth-order valence-corrected chi connectivity index (χ4v) is 1.41. The Kier molecular flexibility index (Phi) is 5.33. The van der Waals surface area contributed by atoms with Gasteiger partial charge in [-0.3, -0.25) is 0 Å². The summed E-state index contributed by atoms with van der Waals surface area (Å²) in [5.41, 5.74) is 6.36. The molecule has 17 heavy (non-hydrogen) atoms. The van der Waals surface area contributed by atoms with Crippen LogP contribution in [0, 0.1) is 0 Å². The molecule has 0 amide bonds. The number of anilines is 2. The van der Waals surface area contributed by atoms with Crippen LogP contribution in [0.25, 0.3) is 0 Å². The number of pyridine rings is 1. The van der Waals surface area contributed by atoms with Gasteiger partial charge in [0.05, 0.1) is 12.3 Å². The second-order valence-corrected chi connectivity index (χ2v) is 4.01. The summed E-state index contributed by atoms with van der Waals surface area (Å²) in [6, 6.07) is 3.96. The number of rotatable bonds is 7. The molecule has 0 saturated carbocycles. The van der Waals surface area contributed by atoms with Crippen molar-refractivity contribution in [1.29, 1.82) is 0 Å². The third-order valence-electron chi connectivity index (χ3n) is 2.25. The minimum atomic E-state index is 0.294. The van der Waals surface area contributed by atoms with Gasteiger partial charge in [0.2, 0.25) is 5.88 Å². The highest BCUT2D eigenvalue weighted by Gasteiger charge is 2.06. The first-order chi connectivity index (χ1) is 8.17. The highest BCUT2D eigenvalue weighted by molar-refractivity contribution is 5.53. The van der Waals surface area contributed by atoms with E-state index in [4.69, 9.17) is 10.5 Å². The maximum atomic E-state index is 5.79. The van der Waals surface area contributed by atoms with Gasteiger partial charge >= 0.3 is 0 Å². The van der Waals surface area contributed by atoms with Crippen LogP contribution in [-0.4, -0.2) is 17.6 Å². The lowest BCUT2D eigenvalue weighted by molar-refractivity contribution is 0.307. The molecule has 4 nitrogen and oxygen atoms in total. The summed E-state index contributed by atoms with van der Waals surface area (Å²) < 4.78 is 5.47. The summed E-state index contributed by atoms with van der Waals surface area (Å²) >= 11 is 0. The number of ether oxygens (including phenoxy) is 1. The summed E-state index contributed by atoms with van der Waals surface area (Å²) in [4.78, 5) is 4.34. The molecule has 1 heterocycles. The Hall–Kier alpha value is -1.71. The Morgan fingerprint density at radius 1 is 1.59 bits per heavy atom. The minimum Gasteiger partial charge on any atom is -0.476 e. The van der Waals surface area contributed by atoms with Gasteiger partial charge in [0.15, 0.2) is 0 Å². The van der Waals surface area contributed by atoms with Crippen LogP contribution < -0.4 is 15.8 Å². The van der Waals surface area contributed by atoms with Crippen LogP contribution in [-0.2, 0) is 0 Å². The molecule has 0 bridgehead atoms. The quantitative estimate of drug-likeness (QED) is 0.713. The molecular formula is C13H21N3O. The molecule has 0 fully saturated rings. The van der Waals surface area contributed by atoms with E-state index in [1.165, 1.54) is 0 Å². The summed E-state index contributed by atoms with van der Waals surface area (Å²) in [6.07, 6.45) is 3.70. The molecule has 1 aromatic heterocycles. The molecule has 0 spiro atoms. The molecule has 0 aliphatic heterocycles. The van der Waals surface area contributed by atoms with Crippen LogP contribution in [0.5, 0.6) is 5.88 Å². The SMILES string of the molecule is C=CCC(C)Nc1ccc(N)c(OCCC)n1. The zero-order valence-corrected chi connectivity index (χ0v) is 10.6. The van der Waals surface area contributed by atoms with Crippen molar-refractivity contribution in [2.75, 3.05) is 17.7 Å². The number of hydrogen-bond acceptors (Lipinski definition) is 4. The average Bonchev–Trinajstić information content (AvgIpc) is 2.30. The fraction of sp³-hybridized carbons (Fsp3) is 0.462. The van der Waals surface area contributed by atoms with Crippen molar-refractivity contribution in [1.82, 2.24) is 4.98 Å². The van der Waals surface area contributed by atoms with E-state index in [2.05, 4.69) is 23.8 Å². The summed E-state index contributed by atoms with van der Waals surface area (Å²) in [7, 11) is 0. The summed E-state index contributed by atoms with van der Waals surface area (Å²) in [5.74, 6) is 1.28. The maximum absolute atomic E-state index is 5.79. The number of hydrogen-bond donors (Lipinski definition) is 2. The Morgan fingerprint density at radius 3 is 3.00 bits per heavy atom. The third-order valence-corrected chi connectivity index (χ3v) is 2.25. The molecule has 1 atom stereocenters. The Balaban J connectivity index is 2.70. The molecule has 0 saturated heterocycles. The smallest absolute Gasteiger partial charge is 0.239 e. The molecule has 0 aromatic carbocycles. The van der Waals surface area contributed by atoms with Crippen molar-refractivity contribution in [3.63, 3.8) is 0 Å². The first-order valence-corrected chi connectivity index (χ1v) is 5.94. The highest BCUT2D eigenvalue weighted by Crippen LogP contribution is 2.21. The molecule has 0 radical (unpaired) electrons. The topological polar surface area (TPSA) is 60.2 Å². The van der Waals surface area contributed by atoms with Crippen LogP contribution in [0.2, 0.25) is 0 Å². The molecule has 1 unspecified atom stereocenters. The molecule has 1 rings (SSSR count). The predicted octanol–water partition coefficient (Wildman–Crippen LogP) is 2.83. The van der Waals surface area contributed by atoms with Gasteiger partial charge in [-0.2, -0.15) is 4.98 Å². The second kappa shape index (κ2) is 6.78. The lowest BCUT2D eigenvalue weighted by Gasteiger charge is -2.14. The van der Waals surface area contributed by atoms with E-state index in [-0.39, 0.29) is 0 Å². The number of nitrogens with zero attached hydrogens (tertiary/aromatic N) is 1. The first-order valence-electron chi connectivity index (χ1n) is 5.94. The van der Waals surface area contributed by atoms with Crippen molar-refractivity contribution < 1.29 is 4.74 Å². The summed E-state index contributed by atoms with van der Waals surface area (Å²) in [6.45, 7) is 8.46. The van der Waals surface area contributed by atoms with E-state index in [1.54, 1.807) is 6.07 Å². The van der Waals surface area contributed by atoms with Crippen LogP contribution in [0.1, 0.15) is 26.7 Å². The third kappa shape index (κ3) is 4.34. The molecular weight excluding hydrogens is 214 g/mol. The second-order valence-electron chi connectivity index (χ2n) is 4.01. The van der Waals surface area contributed by atoms with Gasteiger partial charge in [-0.15, -0.1) is 6.58 Å². The van der Waals surface area contributed by atoms with Gasteiger partial charge in [0, 0.05) is 6.04 Å². The highest BCUT2D eigenvalue weighted by atomic mass is 16.5. The molecule has 0 aliphatic carbocycles. The summed E-state index contributed by atoms with van der Waals surface area (Å²) in [5, 5.41) is 3.27. The minimum absolute atomic E-state index is 0.294. The Bertz CT molecular complexity index is 366. The van der Waals surface area contributed by atoms with E-state index in [9.17, 15) is 0 Å². The van der Waals surface area contributed by atoms with E-state index < -0.39 is 0 Å². The zero-order chi connectivity index (χ0) is 12.7. The van der Waals surface area contributed by atoms with Crippen molar-refractivity contribution in [3.8, 4) is 5.88 Å². The van der Waals surface area contributed by atoms with E-state index >= 15 is 0 Å². The van der Waals surface area contributed by atoms with Gasteiger partial charge < -0.3 is 15.8 Å². The van der Waals surface area contributed by atoms with Crippen LogP contribution in [0.4, 0.5) is 11.5 Å². The van der Waals surface area contributed by atoms with Crippen molar-refractivity contribution >= 4 is 11.5 Å². The lowest BCUT2D eigenvalue weighted by atomic mass is 10.2. The average molecular weight is 235 g/mol.